The van der Waals surface area contributed by atoms with Crippen molar-refractivity contribution in [1.29, 1.82) is 0 Å². The van der Waals surface area contributed by atoms with Gasteiger partial charge in [-0.15, -0.1) is 0 Å². The van der Waals surface area contributed by atoms with Crippen molar-refractivity contribution in [2.75, 3.05) is 24.6 Å². The Labute approximate surface area is 121 Å². The number of aromatic nitrogens is 2. The molecule has 5 heteroatoms. The quantitative estimate of drug-likeness (QED) is 0.908. The number of aryl methyl sites for hydroxylation is 2. The maximum Gasteiger partial charge on any atom is 0.131 e. The molecule has 1 aromatic heterocycles. The molecule has 1 aliphatic carbocycles. The van der Waals surface area contributed by atoms with Gasteiger partial charge in [-0.1, -0.05) is 0 Å². The molecule has 1 saturated carbocycles. The second kappa shape index (κ2) is 5.74. The predicted octanol–water partition coefficient (Wildman–Crippen LogP) is 1.60. The second-order valence-electron chi connectivity index (χ2n) is 6.15. The van der Waals surface area contributed by atoms with Crippen LogP contribution in [0.4, 0.5) is 5.82 Å². The monoisotopic (exact) mass is 278 g/mol. The number of ether oxygens (including phenoxy) is 1. The van der Waals surface area contributed by atoms with Crippen LogP contribution in [-0.4, -0.2) is 41.6 Å². The molecule has 3 rings (SSSR count). The van der Waals surface area contributed by atoms with Crippen LogP contribution in [0.2, 0.25) is 0 Å². The molecule has 1 N–H and O–H groups in total. The standard InChI is InChI=1S/C15H26N4O/c1-11-10-19(7-4-8-20-11)15-14(9-16-13-5-6-13)12(2)17-18(15)3/h11,13,16H,4-10H2,1-3H3. The van der Waals surface area contributed by atoms with Crippen molar-refractivity contribution in [2.45, 2.75) is 51.8 Å². The van der Waals surface area contributed by atoms with E-state index in [9.17, 15) is 0 Å². The Morgan fingerprint density at radius 2 is 2.20 bits per heavy atom. The van der Waals surface area contributed by atoms with Crippen LogP contribution in [0.3, 0.4) is 0 Å². The number of hydrogen-bond donors (Lipinski definition) is 1. The lowest BCUT2D eigenvalue weighted by atomic mass is 10.2. The molecule has 1 saturated heterocycles. The molecule has 0 aromatic carbocycles. The lowest BCUT2D eigenvalue weighted by Gasteiger charge is -2.25. The lowest BCUT2D eigenvalue weighted by molar-refractivity contribution is 0.0820. The number of anilines is 1. The van der Waals surface area contributed by atoms with E-state index in [0.717, 1.165) is 44.4 Å². The van der Waals surface area contributed by atoms with Crippen molar-refractivity contribution in [3.8, 4) is 0 Å². The number of hydrogen-bond acceptors (Lipinski definition) is 4. The van der Waals surface area contributed by atoms with Gasteiger partial charge in [0.05, 0.1) is 11.8 Å². The second-order valence-corrected chi connectivity index (χ2v) is 6.15. The summed E-state index contributed by atoms with van der Waals surface area (Å²) >= 11 is 0. The van der Waals surface area contributed by atoms with Crippen LogP contribution in [-0.2, 0) is 18.3 Å². The smallest absolute Gasteiger partial charge is 0.131 e. The molecule has 5 nitrogen and oxygen atoms in total. The van der Waals surface area contributed by atoms with Gasteiger partial charge in [0.2, 0.25) is 0 Å². The molecule has 20 heavy (non-hydrogen) atoms. The zero-order chi connectivity index (χ0) is 14.1. The largest absolute Gasteiger partial charge is 0.377 e. The van der Waals surface area contributed by atoms with Crippen molar-refractivity contribution in [1.82, 2.24) is 15.1 Å². The lowest BCUT2D eigenvalue weighted by Crippen LogP contribution is -2.33. The Morgan fingerprint density at radius 3 is 2.95 bits per heavy atom. The van der Waals surface area contributed by atoms with Crippen molar-refractivity contribution < 1.29 is 4.74 Å². The minimum atomic E-state index is 0.289. The summed E-state index contributed by atoms with van der Waals surface area (Å²) in [6.45, 7) is 8.08. The molecule has 0 spiro atoms. The molecule has 2 heterocycles. The minimum Gasteiger partial charge on any atom is -0.377 e. The van der Waals surface area contributed by atoms with E-state index in [0.29, 0.717) is 0 Å². The molecule has 0 radical (unpaired) electrons. The minimum absolute atomic E-state index is 0.289. The molecule has 0 bridgehead atoms. The molecule has 112 valence electrons. The molecular formula is C15H26N4O. The van der Waals surface area contributed by atoms with E-state index in [1.165, 1.54) is 24.2 Å². The molecule has 1 aliphatic heterocycles. The maximum atomic E-state index is 5.76. The van der Waals surface area contributed by atoms with Gasteiger partial charge in [0, 0.05) is 44.9 Å². The molecular weight excluding hydrogens is 252 g/mol. The maximum absolute atomic E-state index is 5.76. The van der Waals surface area contributed by atoms with E-state index in [1.54, 1.807) is 0 Å². The average Bonchev–Trinajstić information content (AvgIpc) is 3.18. The van der Waals surface area contributed by atoms with Gasteiger partial charge in [0.1, 0.15) is 5.82 Å². The van der Waals surface area contributed by atoms with Crippen LogP contribution in [0.1, 0.15) is 37.4 Å². The summed E-state index contributed by atoms with van der Waals surface area (Å²) in [5.41, 5.74) is 2.50. The first kappa shape index (κ1) is 13.9. The molecule has 1 unspecified atom stereocenters. The van der Waals surface area contributed by atoms with Crippen molar-refractivity contribution in [2.24, 2.45) is 7.05 Å². The summed E-state index contributed by atoms with van der Waals surface area (Å²) in [7, 11) is 2.05. The average molecular weight is 278 g/mol. The third-order valence-electron chi connectivity index (χ3n) is 4.21. The topological polar surface area (TPSA) is 42.3 Å². The Balaban J connectivity index is 1.81. The third-order valence-corrected chi connectivity index (χ3v) is 4.21. The highest BCUT2D eigenvalue weighted by atomic mass is 16.5. The van der Waals surface area contributed by atoms with Gasteiger partial charge < -0.3 is 15.0 Å². The zero-order valence-electron chi connectivity index (χ0n) is 12.9. The highest BCUT2D eigenvalue weighted by Gasteiger charge is 2.25. The molecule has 0 amide bonds. The van der Waals surface area contributed by atoms with Crippen molar-refractivity contribution in [3.05, 3.63) is 11.3 Å². The van der Waals surface area contributed by atoms with Gasteiger partial charge in [-0.3, -0.25) is 4.68 Å². The zero-order valence-corrected chi connectivity index (χ0v) is 12.9. The van der Waals surface area contributed by atoms with E-state index in [4.69, 9.17) is 4.74 Å². The van der Waals surface area contributed by atoms with E-state index < -0.39 is 0 Å². The van der Waals surface area contributed by atoms with Gasteiger partial charge in [0.15, 0.2) is 0 Å². The highest BCUT2D eigenvalue weighted by Crippen LogP contribution is 2.27. The summed E-state index contributed by atoms with van der Waals surface area (Å²) in [5, 5.41) is 8.26. The fourth-order valence-electron chi connectivity index (χ4n) is 3.01. The van der Waals surface area contributed by atoms with Crippen molar-refractivity contribution in [3.63, 3.8) is 0 Å². The molecule has 2 fully saturated rings. The number of rotatable bonds is 4. The Hall–Kier alpha value is -1.07. The predicted molar refractivity (Wildman–Crippen MR) is 80.1 cm³/mol. The fraction of sp³-hybridized carbons (Fsp3) is 0.800. The van der Waals surface area contributed by atoms with Gasteiger partial charge in [0.25, 0.3) is 0 Å². The SMILES string of the molecule is Cc1nn(C)c(N2CCCOC(C)C2)c1CNC1CC1. The van der Waals surface area contributed by atoms with Crippen LogP contribution in [0.5, 0.6) is 0 Å². The van der Waals surface area contributed by atoms with Gasteiger partial charge in [-0.25, -0.2) is 0 Å². The Bertz CT molecular complexity index is 467. The first-order valence-electron chi connectivity index (χ1n) is 7.77. The molecule has 1 atom stereocenters. The van der Waals surface area contributed by atoms with Crippen LogP contribution in [0.15, 0.2) is 0 Å². The van der Waals surface area contributed by atoms with E-state index in [-0.39, 0.29) is 6.10 Å². The van der Waals surface area contributed by atoms with Crippen LogP contribution >= 0.6 is 0 Å². The van der Waals surface area contributed by atoms with Gasteiger partial charge >= 0.3 is 0 Å². The molecule has 1 aromatic rings. The Morgan fingerprint density at radius 1 is 1.40 bits per heavy atom. The van der Waals surface area contributed by atoms with Gasteiger partial charge in [-0.05, 0) is 33.1 Å². The van der Waals surface area contributed by atoms with Crippen LogP contribution in [0.25, 0.3) is 0 Å². The van der Waals surface area contributed by atoms with Gasteiger partial charge in [-0.2, -0.15) is 5.10 Å². The Kier molecular flexibility index (Phi) is 3.98. The normalized spacial score (nSPS) is 23.9. The number of nitrogens with one attached hydrogen (secondary N) is 1. The number of nitrogens with zero attached hydrogens (tertiary/aromatic N) is 3. The summed E-state index contributed by atoms with van der Waals surface area (Å²) < 4.78 is 7.80. The summed E-state index contributed by atoms with van der Waals surface area (Å²) in [5.74, 6) is 1.27. The van der Waals surface area contributed by atoms with Crippen LogP contribution < -0.4 is 10.2 Å². The van der Waals surface area contributed by atoms with Crippen molar-refractivity contribution >= 4 is 5.82 Å². The molecule has 2 aliphatic rings. The van der Waals surface area contributed by atoms with E-state index in [1.807, 2.05) is 4.68 Å². The summed E-state index contributed by atoms with van der Waals surface area (Å²) in [6.07, 6.45) is 4.02. The van der Waals surface area contributed by atoms with E-state index in [2.05, 4.69) is 36.2 Å². The highest BCUT2D eigenvalue weighted by molar-refractivity contribution is 5.50. The van der Waals surface area contributed by atoms with Crippen LogP contribution in [0, 0.1) is 6.92 Å². The summed E-state index contributed by atoms with van der Waals surface area (Å²) in [4.78, 5) is 2.45. The first-order valence-corrected chi connectivity index (χ1v) is 7.77. The van der Waals surface area contributed by atoms with E-state index >= 15 is 0 Å². The fourth-order valence-corrected chi connectivity index (χ4v) is 3.01. The first-order chi connectivity index (χ1) is 9.65. The summed E-state index contributed by atoms with van der Waals surface area (Å²) in [6, 6.07) is 0.730. The third kappa shape index (κ3) is 2.99.